The summed E-state index contributed by atoms with van der Waals surface area (Å²) in [7, 11) is 1.59. The van der Waals surface area contributed by atoms with Crippen LogP contribution < -0.4 is 4.74 Å². The van der Waals surface area contributed by atoms with E-state index in [1.807, 2.05) is 11.4 Å². The molecule has 2 rings (SSSR count). The Hall–Kier alpha value is -1.04. The minimum absolute atomic E-state index is 0.478. The van der Waals surface area contributed by atoms with Crippen LogP contribution in [0, 0.1) is 0 Å². The predicted octanol–water partition coefficient (Wildman–Crippen LogP) is 3.10. The highest BCUT2D eigenvalue weighted by Gasteiger charge is 2.23. The third kappa shape index (κ3) is 2.39. The van der Waals surface area contributed by atoms with Crippen molar-refractivity contribution in [2.45, 2.75) is 26.0 Å². The van der Waals surface area contributed by atoms with E-state index < -0.39 is 6.10 Å². The summed E-state index contributed by atoms with van der Waals surface area (Å²) in [6, 6.07) is 1.83. The van der Waals surface area contributed by atoms with Crippen LogP contribution in [0.4, 0.5) is 0 Å². The van der Waals surface area contributed by atoms with Crippen molar-refractivity contribution < 1.29 is 9.84 Å². The third-order valence-electron chi connectivity index (χ3n) is 2.65. The topological polar surface area (TPSA) is 47.3 Å². The normalized spacial score (nSPS) is 12.7. The van der Waals surface area contributed by atoms with E-state index in [2.05, 4.69) is 12.0 Å². The number of ether oxygens (including phenoxy) is 1. The molecule has 2 aromatic rings. The van der Waals surface area contributed by atoms with Gasteiger partial charge in [0.2, 0.25) is 0 Å². The number of thiophene rings is 1. The summed E-state index contributed by atoms with van der Waals surface area (Å²) < 4.78 is 6.96. The molecule has 4 nitrogen and oxygen atoms in total. The number of aliphatic hydroxyl groups excluding tert-OH is 1. The Morgan fingerprint density at radius 1 is 1.61 bits per heavy atom. The van der Waals surface area contributed by atoms with Crippen LogP contribution in [0.3, 0.4) is 0 Å². The summed E-state index contributed by atoms with van der Waals surface area (Å²) in [5, 5.41) is 17.0. The molecule has 18 heavy (non-hydrogen) atoms. The Balaban J connectivity index is 2.39. The van der Waals surface area contributed by atoms with E-state index in [4.69, 9.17) is 16.3 Å². The molecule has 1 N–H and O–H groups in total. The van der Waals surface area contributed by atoms with Crippen molar-refractivity contribution in [2.75, 3.05) is 7.11 Å². The SMILES string of the molecule is CCCn1ncc(Cl)c1C(O)c1sccc1OC. The highest BCUT2D eigenvalue weighted by atomic mass is 35.5. The average molecular weight is 287 g/mol. The zero-order valence-electron chi connectivity index (χ0n) is 10.3. The van der Waals surface area contributed by atoms with Gasteiger partial charge in [-0.3, -0.25) is 4.68 Å². The molecule has 0 bridgehead atoms. The minimum Gasteiger partial charge on any atom is -0.495 e. The maximum Gasteiger partial charge on any atom is 0.135 e. The van der Waals surface area contributed by atoms with Crippen LogP contribution in [0.15, 0.2) is 17.6 Å². The van der Waals surface area contributed by atoms with Gasteiger partial charge in [-0.05, 0) is 17.9 Å². The first-order chi connectivity index (χ1) is 8.69. The molecule has 98 valence electrons. The number of aliphatic hydroxyl groups is 1. The second kappa shape index (κ2) is 5.73. The molecule has 2 aromatic heterocycles. The largest absolute Gasteiger partial charge is 0.495 e. The first kappa shape index (κ1) is 13.4. The van der Waals surface area contributed by atoms with E-state index >= 15 is 0 Å². The van der Waals surface area contributed by atoms with Gasteiger partial charge in [0.1, 0.15) is 11.9 Å². The van der Waals surface area contributed by atoms with Gasteiger partial charge in [0.25, 0.3) is 0 Å². The lowest BCUT2D eigenvalue weighted by Crippen LogP contribution is -2.10. The molecular weight excluding hydrogens is 272 g/mol. The lowest BCUT2D eigenvalue weighted by Gasteiger charge is -2.13. The van der Waals surface area contributed by atoms with Gasteiger partial charge in [-0.1, -0.05) is 18.5 Å². The monoisotopic (exact) mass is 286 g/mol. The van der Waals surface area contributed by atoms with E-state index in [-0.39, 0.29) is 0 Å². The Labute approximate surface area is 115 Å². The third-order valence-corrected chi connectivity index (χ3v) is 3.89. The average Bonchev–Trinajstić information content (AvgIpc) is 2.96. The van der Waals surface area contributed by atoms with Crippen molar-refractivity contribution in [2.24, 2.45) is 0 Å². The Kier molecular flexibility index (Phi) is 4.27. The zero-order chi connectivity index (χ0) is 13.1. The lowest BCUT2D eigenvalue weighted by molar-refractivity contribution is 0.206. The molecule has 0 aliphatic heterocycles. The minimum atomic E-state index is -0.804. The van der Waals surface area contributed by atoms with Crippen LogP contribution in [-0.2, 0) is 6.54 Å². The van der Waals surface area contributed by atoms with Gasteiger partial charge in [-0.25, -0.2) is 0 Å². The van der Waals surface area contributed by atoms with Crippen molar-refractivity contribution in [3.63, 3.8) is 0 Å². The molecule has 0 spiro atoms. The van der Waals surface area contributed by atoms with Gasteiger partial charge in [-0.15, -0.1) is 11.3 Å². The molecule has 0 radical (unpaired) electrons. The molecule has 0 aromatic carbocycles. The number of aryl methyl sites for hydroxylation is 1. The first-order valence-electron chi connectivity index (χ1n) is 5.69. The zero-order valence-corrected chi connectivity index (χ0v) is 11.8. The summed E-state index contributed by atoms with van der Waals surface area (Å²) in [6.45, 7) is 2.78. The molecule has 0 amide bonds. The Morgan fingerprint density at radius 2 is 2.39 bits per heavy atom. The van der Waals surface area contributed by atoms with Gasteiger partial charge in [0, 0.05) is 6.54 Å². The molecular formula is C12H15ClN2O2S. The van der Waals surface area contributed by atoms with Crippen molar-refractivity contribution >= 4 is 22.9 Å². The molecule has 0 aliphatic rings. The van der Waals surface area contributed by atoms with Crippen LogP contribution in [0.2, 0.25) is 5.02 Å². The van der Waals surface area contributed by atoms with Crippen LogP contribution in [0.1, 0.15) is 30.0 Å². The number of aromatic nitrogens is 2. The number of rotatable bonds is 5. The van der Waals surface area contributed by atoms with Crippen molar-refractivity contribution in [1.82, 2.24) is 9.78 Å². The van der Waals surface area contributed by atoms with Gasteiger partial charge < -0.3 is 9.84 Å². The van der Waals surface area contributed by atoms with Gasteiger partial charge in [0.15, 0.2) is 0 Å². The summed E-state index contributed by atoms with van der Waals surface area (Å²) in [5.41, 5.74) is 0.624. The van der Waals surface area contributed by atoms with E-state index in [0.29, 0.717) is 16.5 Å². The molecule has 0 aliphatic carbocycles. The maximum atomic E-state index is 10.5. The number of methoxy groups -OCH3 is 1. The van der Waals surface area contributed by atoms with E-state index in [1.165, 1.54) is 11.3 Å². The molecule has 0 fully saturated rings. The fourth-order valence-corrected chi connectivity index (χ4v) is 2.93. The molecule has 0 saturated heterocycles. The number of hydrogen-bond donors (Lipinski definition) is 1. The smallest absolute Gasteiger partial charge is 0.135 e. The van der Waals surface area contributed by atoms with E-state index in [0.717, 1.165) is 17.8 Å². The van der Waals surface area contributed by atoms with Crippen molar-refractivity contribution in [3.05, 3.63) is 33.2 Å². The summed E-state index contributed by atoms with van der Waals surface area (Å²) >= 11 is 7.55. The fraction of sp³-hybridized carbons (Fsp3) is 0.417. The van der Waals surface area contributed by atoms with Crippen LogP contribution in [0.25, 0.3) is 0 Å². The van der Waals surface area contributed by atoms with E-state index in [9.17, 15) is 5.11 Å². The van der Waals surface area contributed by atoms with E-state index in [1.54, 1.807) is 18.0 Å². The lowest BCUT2D eigenvalue weighted by atomic mass is 10.2. The molecule has 1 atom stereocenters. The second-order valence-electron chi connectivity index (χ2n) is 3.86. The van der Waals surface area contributed by atoms with Crippen molar-refractivity contribution in [1.29, 1.82) is 0 Å². The van der Waals surface area contributed by atoms with Gasteiger partial charge >= 0.3 is 0 Å². The standard InChI is InChI=1S/C12H15ClN2O2S/c1-3-5-15-10(8(13)7-14-15)11(16)12-9(17-2)4-6-18-12/h4,6-7,11,16H,3,5H2,1-2H3. The summed E-state index contributed by atoms with van der Waals surface area (Å²) in [4.78, 5) is 0.747. The Morgan fingerprint density at radius 3 is 3.06 bits per heavy atom. The summed E-state index contributed by atoms with van der Waals surface area (Å²) in [5.74, 6) is 0.674. The predicted molar refractivity (Wildman–Crippen MR) is 72.5 cm³/mol. The number of nitrogens with zero attached hydrogens (tertiary/aromatic N) is 2. The van der Waals surface area contributed by atoms with Gasteiger partial charge in [-0.2, -0.15) is 5.10 Å². The highest BCUT2D eigenvalue weighted by Crippen LogP contribution is 2.37. The van der Waals surface area contributed by atoms with Crippen molar-refractivity contribution in [3.8, 4) is 5.75 Å². The second-order valence-corrected chi connectivity index (χ2v) is 5.21. The molecule has 0 saturated carbocycles. The summed E-state index contributed by atoms with van der Waals surface area (Å²) in [6.07, 6.45) is 1.69. The van der Waals surface area contributed by atoms with Crippen LogP contribution >= 0.6 is 22.9 Å². The van der Waals surface area contributed by atoms with Crippen LogP contribution in [0.5, 0.6) is 5.75 Å². The van der Waals surface area contributed by atoms with Gasteiger partial charge in [0.05, 0.1) is 28.9 Å². The number of halogens is 1. The first-order valence-corrected chi connectivity index (χ1v) is 6.95. The molecule has 1 unspecified atom stereocenters. The maximum absolute atomic E-state index is 10.5. The Bertz CT molecular complexity index is 524. The fourth-order valence-electron chi connectivity index (χ4n) is 1.84. The number of hydrogen-bond acceptors (Lipinski definition) is 4. The quantitative estimate of drug-likeness (QED) is 0.919. The van der Waals surface area contributed by atoms with Crippen LogP contribution in [-0.4, -0.2) is 22.0 Å². The molecule has 2 heterocycles. The molecule has 6 heteroatoms. The highest BCUT2D eigenvalue weighted by molar-refractivity contribution is 7.10.